The van der Waals surface area contributed by atoms with Crippen molar-refractivity contribution < 1.29 is 9.18 Å². The molecular weight excluding hydrogens is 387 g/mol. The molecule has 1 amide bonds. The Morgan fingerprint density at radius 1 is 1.28 bits per heavy atom. The summed E-state index contributed by atoms with van der Waals surface area (Å²) >= 11 is 1.59. The van der Waals surface area contributed by atoms with Crippen molar-refractivity contribution in [2.75, 3.05) is 13.6 Å². The molecule has 0 bridgehead atoms. The Balaban J connectivity index is 1.76. The van der Waals surface area contributed by atoms with E-state index in [9.17, 15) is 9.18 Å². The number of hydrogen-bond acceptors (Lipinski definition) is 4. The fraction of sp³-hybridized carbons (Fsp3) is 0.364. The van der Waals surface area contributed by atoms with Crippen molar-refractivity contribution in [1.29, 1.82) is 0 Å². The molecule has 0 fully saturated rings. The van der Waals surface area contributed by atoms with Crippen molar-refractivity contribution in [3.8, 4) is 16.9 Å². The molecule has 2 heterocycles. The minimum Gasteiger partial charge on any atom is -0.353 e. The summed E-state index contributed by atoms with van der Waals surface area (Å²) in [7, 11) is 1.92. The first-order chi connectivity index (χ1) is 13.7. The number of aryl methyl sites for hydroxylation is 1. The number of amides is 1. The molecule has 3 aromatic rings. The van der Waals surface area contributed by atoms with Crippen LogP contribution in [0.5, 0.6) is 0 Å². The zero-order valence-electron chi connectivity index (χ0n) is 17.5. The molecule has 0 atom stereocenters. The van der Waals surface area contributed by atoms with Crippen LogP contribution in [0.1, 0.15) is 30.2 Å². The third-order valence-corrected chi connectivity index (χ3v) is 5.45. The lowest BCUT2D eigenvalue weighted by molar-refractivity contribution is -0.122. The molecule has 0 aliphatic rings. The smallest absolute Gasteiger partial charge is 0.234 e. The van der Waals surface area contributed by atoms with E-state index in [0.29, 0.717) is 13.1 Å². The van der Waals surface area contributed by atoms with Crippen LogP contribution in [0.3, 0.4) is 0 Å². The summed E-state index contributed by atoms with van der Waals surface area (Å²) in [4.78, 5) is 18.7. The molecule has 1 N–H and O–H groups in total. The molecule has 2 aromatic heterocycles. The second-order valence-electron chi connectivity index (χ2n) is 7.62. The van der Waals surface area contributed by atoms with Crippen LogP contribution in [-0.2, 0) is 11.3 Å². The van der Waals surface area contributed by atoms with Gasteiger partial charge in [-0.2, -0.15) is 0 Å². The number of likely N-dealkylation sites (N-methyl/N-ethyl adjacent to an activating group) is 1. The molecule has 0 saturated carbocycles. The van der Waals surface area contributed by atoms with Crippen molar-refractivity contribution >= 4 is 17.2 Å². The Hall–Kier alpha value is -2.51. The molecular formula is C22H27FN4OS. The molecule has 0 aliphatic heterocycles. The van der Waals surface area contributed by atoms with Gasteiger partial charge in [0, 0.05) is 34.1 Å². The average Bonchev–Trinajstić information content (AvgIpc) is 3.19. The second-order valence-corrected chi connectivity index (χ2v) is 8.56. The number of nitrogens with zero attached hydrogens (tertiary/aromatic N) is 3. The van der Waals surface area contributed by atoms with E-state index >= 15 is 0 Å². The number of nitrogens with one attached hydrogen (secondary N) is 1. The predicted molar refractivity (Wildman–Crippen MR) is 116 cm³/mol. The van der Waals surface area contributed by atoms with Gasteiger partial charge in [-0.3, -0.25) is 9.69 Å². The number of thiazole rings is 1. The van der Waals surface area contributed by atoms with Crippen molar-refractivity contribution in [2.45, 2.75) is 40.3 Å². The van der Waals surface area contributed by atoms with E-state index in [1.165, 1.54) is 12.1 Å². The normalized spacial score (nSPS) is 11.4. The SMILES string of the molecule is Cc1cc(-c2csc(CN(C)CC(=O)NC(C)C)n2)c(C)n1-c1ccc(F)cc1. The summed E-state index contributed by atoms with van der Waals surface area (Å²) in [6.07, 6.45) is 0. The highest BCUT2D eigenvalue weighted by molar-refractivity contribution is 7.09. The first-order valence-corrected chi connectivity index (χ1v) is 10.5. The summed E-state index contributed by atoms with van der Waals surface area (Å²) < 4.78 is 15.4. The van der Waals surface area contributed by atoms with Crippen LogP contribution in [0.2, 0.25) is 0 Å². The average molecular weight is 415 g/mol. The maximum Gasteiger partial charge on any atom is 0.234 e. The van der Waals surface area contributed by atoms with Crippen LogP contribution in [0.15, 0.2) is 35.7 Å². The maximum atomic E-state index is 13.3. The summed E-state index contributed by atoms with van der Waals surface area (Å²) in [6, 6.07) is 8.75. The first-order valence-electron chi connectivity index (χ1n) is 9.62. The van der Waals surface area contributed by atoms with E-state index < -0.39 is 0 Å². The monoisotopic (exact) mass is 414 g/mol. The van der Waals surface area contributed by atoms with Gasteiger partial charge in [0.05, 0.1) is 18.8 Å². The first kappa shape index (κ1) is 21.2. The molecule has 0 aliphatic carbocycles. The summed E-state index contributed by atoms with van der Waals surface area (Å²) in [5.41, 5.74) is 5.05. The minimum absolute atomic E-state index is 0.0159. The van der Waals surface area contributed by atoms with E-state index in [2.05, 4.69) is 16.0 Å². The van der Waals surface area contributed by atoms with Gasteiger partial charge in [0.25, 0.3) is 0 Å². The van der Waals surface area contributed by atoms with Crippen LogP contribution in [0.25, 0.3) is 16.9 Å². The number of hydrogen-bond donors (Lipinski definition) is 1. The predicted octanol–water partition coefficient (Wildman–Crippen LogP) is 4.31. The van der Waals surface area contributed by atoms with Gasteiger partial charge in [0.15, 0.2) is 0 Å². The van der Waals surface area contributed by atoms with Crippen LogP contribution in [0, 0.1) is 19.7 Å². The molecule has 0 spiro atoms. The molecule has 7 heteroatoms. The summed E-state index contributed by atoms with van der Waals surface area (Å²) in [5.74, 6) is -0.228. The highest BCUT2D eigenvalue weighted by atomic mass is 32.1. The molecule has 1 aromatic carbocycles. The highest BCUT2D eigenvalue weighted by Crippen LogP contribution is 2.30. The quantitative estimate of drug-likeness (QED) is 0.627. The number of carbonyl (C=O) groups excluding carboxylic acids is 1. The zero-order valence-corrected chi connectivity index (χ0v) is 18.3. The highest BCUT2D eigenvalue weighted by Gasteiger charge is 2.16. The lowest BCUT2D eigenvalue weighted by Crippen LogP contribution is -2.38. The molecule has 0 radical (unpaired) electrons. The second kappa shape index (κ2) is 8.88. The largest absolute Gasteiger partial charge is 0.353 e. The van der Waals surface area contributed by atoms with E-state index in [1.54, 1.807) is 23.5 Å². The molecule has 29 heavy (non-hydrogen) atoms. The number of aromatic nitrogens is 2. The number of halogens is 1. The van der Waals surface area contributed by atoms with Gasteiger partial charge in [-0.15, -0.1) is 11.3 Å². The van der Waals surface area contributed by atoms with Crippen LogP contribution in [0.4, 0.5) is 4.39 Å². The minimum atomic E-state index is -0.244. The zero-order chi connectivity index (χ0) is 21.1. The van der Waals surface area contributed by atoms with Gasteiger partial charge in [-0.1, -0.05) is 0 Å². The third kappa shape index (κ3) is 5.10. The topological polar surface area (TPSA) is 50.2 Å². The van der Waals surface area contributed by atoms with E-state index in [4.69, 9.17) is 4.98 Å². The van der Waals surface area contributed by atoms with Gasteiger partial charge in [0.1, 0.15) is 10.8 Å². The van der Waals surface area contributed by atoms with Crippen LogP contribution < -0.4 is 5.32 Å². The Kier molecular flexibility index (Phi) is 6.49. The Morgan fingerprint density at radius 3 is 2.62 bits per heavy atom. The van der Waals surface area contributed by atoms with Crippen molar-refractivity contribution in [2.24, 2.45) is 0 Å². The van der Waals surface area contributed by atoms with Crippen molar-refractivity contribution in [1.82, 2.24) is 19.8 Å². The Labute approximate surface area is 175 Å². The maximum absolute atomic E-state index is 13.3. The van der Waals surface area contributed by atoms with Gasteiger partial charge in [-0.05, 0) is 65.1 Å². The Bertz CT molecular complexity index is 991. The third-order valence-electron chi connectivity index (χ3n) is 4.61. The summed E-state index contributed by atoms with van der Waals surface area (Å²) in [5, 5.41) is 5.92. The number of rotatable bonds is 7. The van der Waals surface area contributed by atoms with Crippen molar-refractivity contribution in [3.05, 3.63) is 57.9 Å². The summed E-state index contributed by atoms with van der Waals surface area (Å²) in [6.45, 7) is 8.95. The number of carbonyl (C=O) groups is 1. The standard InChI is InChI=1S/C22H27FN4OS/c1-14(2)24-21(28)11-26(5)12-22-25-20(13-29-22)19-10-15(3)27(16(19)4)18-8-6-17(23)7-9-18/h6-10,13-14H,11-12H2,1-5H3,(H,24,28). The van der Waals surface area contributed by atoms with Crippen LogP contribution in [-0.4, -0.2) is 40.0 Å². The lowest BCUT2D eigenvalue weighted by Gasteiger charge is -2.16. The fourth-order valence-electron chi connectivity index (χ4n) is 3.42. The fourth-order valence-corrected chi connectivity index (χ4v) is 4.29. The van der Waals surface area contributed by atoms with Gasteiger partial charge in [0.2, 0.25) is 5.91 Å². The molecule has 0 saturated heterocycles. The van der Waals surface area contributed by atoms with Gasteiger partial charge >= 0.3 is 0 Å². The molecule has 5 nitrogen and oxygen atoms in total. The Morgan fingerprint density at radius 2 is 1.97 bits per heavy atom. The molecule has 3 rings (SSSR count). The van der Waals surface area contributed by atoms with Gasteiger partial charge < -0.3 is 9.88 Å². The lowest BCUT2D eigenvalue weighted by atomic mass is 10.2. The van der Waals surface area contributed by atoms with Crippen LogP contribution >= 0.6 is 11.3 Å². The number of benzene rings is 1. The van der Waals surface area contributed by atoms with E-state index in [-0.39, 0.29) is 17.8 Å². The van der Waals surface area contributed by atoms with E-state index in [0.717, 1.165) is 33.3 Å². The molecule has 154 valence electrons. The van der Waals surface area contributed by atoms with Gasteiger partial charge in [-0.25, -0.2) is 9.37 Å². The van der Waals surface area contributed by atoms with Crippen molar-refractivity contribution in [3.63, 3.8) is 0 Å². The molecule has 0 unspecified atom stereocenters. The van der Waals surface area contributed by atoms with E-state index in [1.807, 2.05) is 45.0 Å².